The molecule has 0 amide bonds. The summed E-state index contributed by atoms with van der Waals surface area (Å²) in [6.07, 6.45) is 1.34. The minimum absolute atomic E-state index is 0.0945. The van der Waals surface area contributed by atoms with E-state index in [4.69, 9.17) is 0 Å². The summed E-state index contributed by atoms with van der Waals surface area (Å²) in [7, 11) is -3.73. The van der Waals surface area contributed by atoms with Crippen molar-refractivity contribution >= 4 is 16.2 Å². The van der Waals surface area contributed by atoms with Gasteiger partial charge in [-0.2, -0.15) is 13.5 Å². The molecule has 22 heavy (non-hydrogen) atoms. The Balaban J connectivity index is 2.26. The zero-order valence-corrected chi connectivity index (χ0v) is 13.5. The normalized spacial score (nSPS) is 11.8. The van der Waals surface area contributed by atoms with Crippen molar-refractivity contribution in [3.8, 4) is 5.75 Å². The van der Waals surface area contributed by atoms with Crippen LogP contribution in [0.2, 0.25) is 0 Å². The van der Waals surface area contributed by atoms with Gasteiger partial charge in [-0.1, -0.05) is 29.8 Å². The monoisotopic (exact) mass is 318 g/mol. The first kappa shape index (κ1) is 16.0. The van der Waals surface area contributed by atoms with Crippen molar-refractivity contribution in [1.29, 1.82) is 0 Å². The van der Waals surface area contributed by atoms with E-state index in [2.05, 4.69) is 9.93 Å². The number of phenols is 1. The topological polar surface area (TPSA) is 78.8 Å². The predicted molar refractivity (Wildman–Crippen MR) is 86.7 cm³/mol. The van der Waals surface area contributed by atoms with Crippen molar-refractivity contribution in [3.63, 3.8) is 0 Å². The molecule has 2 rings (SSSR count). The van der Waals surface area contributed by atoms with Gasteiger partial charge in [0.1, 0.15) is 5.75 Å². The first-order valence-corrected chi connectivity index (χ1v) is 8.19. The molecule has 0 spiro atoms. The predicted octanol–water partition coefficient (Wildman–Crippen LogP) is 2.63. The Labute approximate surface area is 130 Å². The molecule has 0 saturated heterocycles. The van der Waals surface area contributed by atoms with Crippen molar-refractivity contribution in [2.75, 3.05) is 0 Å². The van der Waals surface area contributed by atoms with Gasteiger partial charge in [0.25, 0.3) is 10.0 Å². The number of hydrogen-bond acceptors (Lipinski definition) is 4. The molecule has 0 atom stereocenters. The van der Waals surface area contributed by atoms with Crippen molar-refractivity contribution in [3.05, 3.63) is 58.7 Å². The first-order chi connectivity index (χ1) is 10.3. The smallest absolute Gasteiger partial charge is 0.277 e. The maximum atomic E-state index is 12.4. The summed E-state index contributed by atoms with van der Waals surface area (Å²) in [5.74, 6) is 0.0945. The van der Waals surface area contributed by atoms with Crippen molar-refractivity contribution < 1.29 is 13.5 Å². The summed E-state index contributed by atoms with van der Waals surface area (Å²) < 4.78 is 24.7. The minimum atomic E-state index is -3.73. The molecule has 0 radical (unpaired) electrons. The molecule has 2 N–H and O–H groups in total. The Morgan fingerprint density at radius 1 is 1.09 bits per heavy atom. The van der Waals surface area contributed by atoms with Crippen LogP contribution in [0.5, 0.6) is 5.75 Å². The molecule has 6 heteroatoms. The number of aromatic hydroxyl groups is 1. The second-order valence-electron chi connectivity index (χ2n) is 5.18. The summed E-state index contributed by atoms with van der Waals surface area (Å²) in [6, 6.07) is 10.0. The van der Waals surface area contributed by atoms with Crippen molar-refractivity contribution in [2.24, 2.45) is 5.10 Å². The van der Waals surface area contributed by atoms with Gasteiger partial charge in [-0.25, -0.2) is 4.83 Å². The SMILES string of the molecule is Cc1cc(C)c(S(=O)(=O)N/N=C/c2cccc(O)c2)c(C)c1. The van der Waals surface area contributed by atoms with Gasteiger partial charge < -0.3 is 5.11 Å². The fourth-order valence-corrected chi connectivity index (χ4v) is 3.66. The maximum Gasteiger partial charge on any atom is 0.277 e. The lowest BCUT2D eigenvalue weighted by Gasteiger charge is -2.11. The Hall–Kier alpha value is -2.34. The molecule has 2 aromatic carbocycles. The number of hydrazone groups is 1. The number of nitrogens with zero attached hydrogens (tertiary/aromatic N) is 1. The number of sulfonamides is 1. The number of benzene rings is 2. The van der Waals surface area contributed by atoms with E-state index < -0.39 is 10.0 Å². The average Bonchev–Trinajstić information content (AvgIpc) is 2.36. The van der Waals surface area contributed by atoms with E-state index >= 15 is 0 Å². The molecular formula is C16H18N2O3S. The lowest BCUT2D eigenvalue weighted by Crippen LogP contribution is -2.20. The second-order valence-corrected chi connectivity index (χ2v) is 6.77. The third-order valence-electron chi connectivity index (χ3n) is 3.13. The Morgan fingerprint density at radius 3 is 2.32 bits per heavy atom. The Bertz CT molecular complexity index is 804. The third kappa shape index (κ3) is 3.65. The van der Waals surface area contributed by atoms with Crippen LogP contribution < -0.4 is 4.83 Å². The lowest BCUT2D eigenvalue weighted by atomic mass is 10.1. The minimum Gasteiger partial charge on any atom is -0.508 e. The molecule has 0 aliphatic rings. The summed E-state index contributed by atoms with van der Waals surface area (Å²) in [5, 5.41) is 13.1. The van der Waals surface area contributed by atoms with Crippen LogP contribution in [-0.2, 0) is 10.0 Å². The highest BCUT2D eigenvalue weighted by atomic mass is 32.2. The standard InChI is InChI=1S/C16H18N2O3S/c1-11-7-12(2)16(13(3)8-11)22(20,21)18-17-10-14-5-4-6-15(19)9-14/h4-10,18-19H,1-3H3/b17-10+. The van der Waals surface area contributed by atoms with E-state index in [-0.39, 0.29) is 10.6 Å². The highest BCUT2D eigenvalue weighted by molar-refractivity contribution is 7.89. The Morgan fingerprint density at radius 2 is 1.73 bits per heavy atom. The number of nitrogens with one attached hydrogen (secondary N) is 1. The van der Waals surface area contributed by atoms with E-state index in [1.165, 1.54) is 18.3 Å². The quantitative estimate of drug-likeness (QED) is 0.672. The first-order valence-electron chi connectivity index (χ1n) is 6.71. The number of hydrogen-bond donors (Lipinski definition) is 2. The summed E-state index contributed by atoms with van der Waals surface area (Å²) in [4.78, 5) is 2.45. The van der Waals surface area contributed by atoms with Gasteiger partial charge in [-0.05, 0) is 49.6 Å². The third-order valence-corrected chi connectivity index (χ3v) is 4.66. The van der Waals surface area contributed by atoms with Gasteiger partial charge in [0.05, 0.1) is 11.1 Å². The van der Waals surface area contributed by atoms with Gasteiger partial charge in [0.15, 0.2) is 0 Å². The summed E-state index contributed by atoms with van der Waals surface area (Å²) in [5.41, 5.74) is 2.97. The van der Waals surface area contributed by atoms with Crippen molar-refractivity contribution in [2.45, 2.75) is 25.7 Å². The fourth-order valence-electron chi connectivity index (χ4n) is 2.41. The largest absolute Gasteiger partial charge is 0.508 e. The van der Waals surface area contributed by atoms with Crippen LogP contribution in [0.4, 0.5) is 0 Å². The lowest BCUT2D eigenvalue weighted by molar-refractivity contribution is 0.475. The number of phenolic OH excluding ortho intramolecular Hbond substituents is 1. The molecule has 0 aliphatic heterocycles. The Kier molecular flexibility index (Phi) is 4.51. The highest BCUT2D eigenvalue weighted by Crippen LogP contribution is 2.21. The van der Waals surface area contributed by atoms with Crippen LogP contribution in [0, 0.1) is 20.8 Å². The van der Waals surface area contributed by atoms with E-state index in [9.17, 15) is 13.5 Å². The van der Waals surface area contributed by atoms with E-state index in [1.54, 1.807) is 26.0 Å². The molecule has 0 saturated carbocycles. The molecule has 0 heterocycles. The van der Waals surface area contributed by atoms with E-state index in [0.717, 1.165) is 5.56 Å². The van der Waals surface area contributed by atoms with Crippen LogP contribution in [-0.4, -0.2) is 19.7 Å². The second kappa shape index (κ2) is 6.19. The number of rotatable bonds is 4. The zero-order chi connectivity index (χ0) is 16.3. The van der Waals surface area contributed by atoms with Gasteiger partial charge >= 0.3 is 0 Å². The van der Waals surface area contributed by atoms with Crippen LogP contribution in [0.25, 0.3) is 0 Å². The number of aryl methyl sites for hydroxylation is 3. The van der Waals surface area contributed by atoms with Crippen LogP contribution in [0.1, 0.15) is 22.3 Å². The van der Waals surface area contributed by atoms with Crippen LogP contribution in [0.15, 0.2) is 46.4 Å². The average molecular weight is 318 g/mol. The van der Waals surface area contributed by atoms with Gasteiger partial charge in [-0.3, -0.25) is 0 Å². The molecule has 0 fully saturated rings. The maximum absolute atomic E-state index is 12.4. The molecule has 0 aromatic heterocycles. The molecular weight excluding hydrogens is 300 g/mol. The zero-order valence-electron chi connectivity index (χ0n) is 12.7. The fraction of sp³-hybridized carbons (Fsp3) is 0.188. The summed E-state index contributed by atoms with van der Waals surface area (Å²) >= 11 is 0. The molecule has 0 bridgehead atoms. The van der Waals surface area contributed by atoms with Gasteiger partial charge in [0.2, 0.25) is 0 Å². The molecule has 5 nitrogen and oxygen atoms in total. The molecule has 2 aromatic rings. The molecule has 116 valence electrons. The highest BCUT2D eigenvalue weighted by Gasteiger charge is 2.18. The van der Waals surface area contributed by atoms with Crippen molar-refractivity contribution in [1.82, 2.24) is 4.83 Å². The van der Waals surface area contributed by atoms with Gasteiger partial charge in [0, 0.05) is 0 Å². The van der Waals surface area contributed by atoms with E-state index in [1.807, 2.05) is 19.1 Å². The molecule has 0 aliphatic carbocycles. The summed E-state index contributed by atoms with van der Waals surface area (Å²) in [6.45, 7) is 5.44. The van der Waals surface area contributed by atoms with E-state index in [0.29, 0.717) is 16.7 Å². The van der Waals surface area contributed by atoms with Gasteiger partial charge in [-0.15, -0.1) is 0 Å². The van der Waals surface area contributed by atoms with Crippen LogP contribution in [0.3, 0.4) is 0 Å². The molecule has 0 unspecified atom stereocenters. The van der Waals surface area contributed by atoms with Crippen LogP contribution >= 0.6 is 0 Å².